The van der Waals surface area contributed by atoms with Gasteiger partial charge in [0, 0.05) is 6.20 Å². The Morgan fingerprint density at radius 1 is 1.44 bits per heavy atom. The molecule has 2 saturated heterocycles. The molecule has 0 spiro atoms. The number of nitrogens with zero attached hydrogens (tertiary/aromatic N) is 3. The summed E-state index contributed by atoms with van der Waals surface area (Å²) in [6, 6.07) is 3.40. The van der Waals surface area contributed by atoms with Crippen molar-refractivity contribution in [3.05, 3.63) is 22.7 Å². The van der Waals surface area contributed by atoms with Crippen LogP contribution in [0.4, 0.5) is 5.82 Å². The van der Waals surface area contributed by atoms with E-state index in [1.807, 2.05) is 6.07 Å². The lowest BCUT2D eigenvalue weighted by molar-refractivity contribution is -0.220. The molecule has 10 nitrogen and oxygen atoms in total. The van der Waals surface area contributed by atoms with E-state index in [1.54, 1.807) is 27.7 Å². The molecule has 1 aromatic heterocycles. The Balaban J connectivity index is 1.98. The van der Waals surface area contributed by atoms with E-state index in [9.17, 15) is 14.9 Å². The van der Waals surface area contributed by atoms with Crippen molar-refractivity contribution in [2.24, 2.45) is 5.92 Å². The van der Waals surface area contributed by atoms with Crippen LogP contribution in [-0.4, -0.2) is 46.2 Å². The molecule has 27 heavy (non-hydrogen) atoms. The van der Waals surface area contributed by atoms with Crippen LogP contribution in [-0.2, 0) is 29.5 Å². The number of nitrogens with two attached hydrogens (primary N) is 1. The van der Waals surface area contributed by atoms with Crippen molar-refractivity contribution in [1.29, 1.82) is 5.26 Å². The molecule has 0 aromatic carbocycles. The molecule has 2 N–H and O–H groups in total. The Bertz CT molecular complexity index is 845. The molecule has 146 valence electrons. The van der Waals surface area contributed by atoms with Gasteiger partial charge in [-0.2, -0.15) is 10.2 Å². The third-order valence-electron chi connectivity index (χ3n) is 4.42. The highest BCUT2D eigenvalue weighted by atomic mass is 16.8. The van der Waals surface area contributed by atoms with Gasteiger partial charge in [0.05, 0.1) is 5.92 Å². The number of hydrogen-bond acceptors (Lipinski definition) is 9. The second-order valence-corrected chi connectivity index (χ2v) is 7.28. The van der Waals surface area contributed by atoms with Crippen LogP contribution in [0, 0.1) is 17.2 Å². The highest BCUT2D eigenvalue weighted by Gasteiger charge is 2.65. The zero-order chi connectivity index (χ0) is 20.0. The summed E-state index contributed by atoms with van der Waals surface area (Å²) < 4.78 is 23.9. The number of carbonyl (C=O) groups excluding carboxylic acids is 1. The topological polar surface area (TPSA) is 139 Å². The van der Waals surface area contributed by atoms with Gasteiger partial charge in [-0.25, -0.2) is 4.79 Å². The summed E-state index contributed by atoms with van der Waals surface area (Å²) >= 11 is 0. The predicted octanol–water partition coefficient (Wildman–Crippen LogP) is 0.120. The van der Waals surface area contributed by atoms with Crippen LogP contribution in [0.3, 0.4) is 0 Å². The molecule has 2 aliphatic heterocycles. The molecule has 1 aromatic rings. The highest BCUT2D eigenvalue weighted by molar-refractivity contribution is 5.71. The number of nitriles is 1. The molecule has 2 aliphatic rings. The van der Waals surface area contributed by atoms with Crippen molar-refractivity contribution in [3.8, 4) is 6.07 Å². The lowest BCUT2D eigenvalue weighted by Crippen LogP contribution is -2.49. The van der Waals surface area contributed by atoms with Crippen molar-refractivity contribution >= 4 is 11.8 Å². The number of esters is 1. The predicted molar refractivity (Wildman–Crippen MR) is 91.0 cm³/mol. The number of fused-ring (bicyclic) bond motifs is 1. The van der Waals surface area contributed by atoms with Gasteiger partial charge in [0.2, 0.25) is 0 Å². The average molecular weight is 378 g/mol. The first-order valence-corrected chi connectivity index (χ1v) is 8.56. The Hall–Kier alpha value is -2.48. The van der Waals surface area contributed by atoms with Gasteiger partial charge >= 0.3 is 11.7 Å². The van der Waals surface area contributed by atoms with Crippen molar-refractivity contribution < 1.29 is 23.7 Å². The van der Waals surface area contributed by atoms with E-state index < -0.39 is 41.5 Å². The minimum Gasteiger partial charge on any atom is -0.463 e. The summed E-state index contributed by atoms with van der Waals surface area (Å²) in [6.45, 7) is 6.65. The quantitative estimate of drug-likeness (QED) is 0.724. The minimum absolute atomic E-state index is 0.0187. The van der Waals surface area contributed by atoms with Crippen LogP contribution < -0.4 is 11.4 Å². The minimum atomic E-state index is -1.83. The maximum absolute atomic E-state index is 12.4. The summed E-state index contributed by atoms with van der Waals surface area (Å²) in [5.41, 5.74) is 2.95. The van der Waals surface area contributed by atoms with Crippen LogP contribution in [0.2, 0.25) is 0 Å². The fourth-order valence-electron chi connectivity index (χ4n) is 3.19. The van der Waals surface area contributed by atoms with Crippen molar-refractivity contribution in [2.75, 3.05) is 12.3 Å². The summed E-state index contributed by atoms with van der Waals surface area (Å²) in [5, 5.41) is 9.93. The standard InChI is InChI=1S/C17H22N4O6/c1-9(2)14(22)24-7-10-12-13(27-16(3,4)26-12)17(8-18,25-10)21-6-5-11(19)20-15(21)23/h5-6,9-10,12-13H,7H2,1-4H3,(H2,19,20,23). The average Bonchev–Trinajstić information content (AvgIpc) is 3.04. The molecule has 4 unspecified atom stereocenters. The lowest BCUT2D eigenvalue weighted by atomic mass is 10.0. The molecule has 2 fully saturated rings. The molecule has 0 aliphatic carbocycles. The van der Waals surface area contributed by atoms with Crippen molar-refractivity contribution in [3.63, 3.8) is 0 Å². The van der Waals surface area contributed by atoms with Gasteiger partial charge in [-0.05, 0) is 19.9 Å². The Kier molecular flexibility index (Phi) is 4.71. The Morgan fingerprint density at radius 3 is 2.74 bits per heavy atom. The van der Waals surface area contributed by atoms with E-state index >= 15 is 0 Å². The number of carbonyl (C=O) groups is 1. The van der Waals surface area contributed by atoms with E-state index in [-0.39, 0.29) is 18.3 Å². The summed E-state index contributed by atoms with van der Waals surface area (Å²) in [5.74, 6) is -1.71. The third-order valence-corrected chi connectivity index (χ3v) is 4.42. The number of nitrogen functional groups attached to an aromatic ring is 1. The number of aromatic nitrogens is 2. The van der Waals surface area contributed by atoms with E-state index in [0.29, 0.717) is 0 Å². The highest BCUT2D eigenvalue weighted by Crippen LogP contribution is 2.46. The number of rotatable bonds is 4. The molecule has 0 amide bonds. The van der Waals surface area contributed by atoms with Gasteiger partial charge in [0.15, 0.2) is 11.9 Å². The summed E-state index contributed by atoms with van der Waals surface area (Å²) in [7, 11) is 0. The maximum Gasteiger partial charge on any atom is 0.352 e. The zero-order valence-corrected chi connectivity index (χ0v) is 15.5. The van der Waals surface area contributed by atoms with Gasteiger partial charge in [0.25, 0.3) is 5.72 Å². The molecule has 0 bridgehead atoms. The monoisotopic (exact) mass is 378 g/mol. The SMILES string of the molecule is CC(C)C(=O)OCC1OC(C#N)(n2ccc(N)nc2=O)C2OC(C)(C)OC12. The second kappa shape index (κ2) is 6.60. The smallest absolute Gasteiger partial charge is 0.352 e. The van der Waals surface area contributed by atoms with Gasteiger partial charge in [-0.15, -0.1) is 0 Å². The van der Waals surface area contributed by atoms with Crippen LogP contribution >= 0.6 is 0 Å². The molecule has 3 rings (SSSR count). The van der Waals surface area contributed by atoms with Crippen molar-refractivity contribution in [2.45, 2.75) is 57.5 Å². The Morgan fingerprint density at radius 2 is 2.15 bits per heavy atom. The fraction of sp³-hybridized carbons (Fsp3) is 0.647. The van der Waals surface area contributed by atoms with E-state index in [0.717, 1.165) is 4.57 Å². The molecule has 0 saturated carbocycles. The number of anilines is 1. The Labute approximate surface area is 155 Å². The van der Waals surface area contributed by atoms with Crippen LogP contribution in [0.1, 0.15) is 27.7 Å². The molecule has 4 atom stereocenters. The zero-order valence-electron chi connectivity index (χ0n) is 15.5. The first kappa shape index (κ1) is 19.3. The van der Waals surface area contributed by atoms with E-state index in [1.165, 1.54) is 12.3 Å². The first-order chi connectivity index (χ1) is 12.6. The molecular weight excluding hydrogens is 356 g/mol. The molecule has 10 heteroatoms. The fourth-order valence-corrected chi connectivity index (χ4v) is 3.19. The van der Waals surface area contributed by atoms with Gasteiger partial charge in [0.1, 0.15) is 30.7 Å². The van der Waals surface area contributed by atoms with Gasteiger partial charge in [-0.1, -0.05) is 13.8 Å². The van der Waals surface area contributed by atoms with Crippen molar-refractivity contribution in [1.82, 2.24) is 9.55 Å². The number of ether oxygens (including phenoxy) is 4. The summed E-state index contributed by atoms with van der Waals surface area (Å²) in [6.07, 6.45) is -1.13. The normalized spacial score (nSPS) is 31.5. The van der Waals surface area contributed by atoms with E-state index in [4.69, 9.17) is 24.7 Å². The molecular formula is C17H22N4O6. The lowest BCUT2D eigenvalue weighted by Gasteiger charge is -2.30. The largest absolute Gasteiger partial charge is 0.463 e. The maximum atomic E-state index is 12.4. The van der Waals surface area contributed by atoms with Crippen LogP contribution in [0.25, 0.3) is 0 Å². The second-order valence-electron chi connectivity index (χ2n) is 7.28. The summed E-state index contributed by atoms with van der Waals surface area (Å²) in [4.78, 5) is 27.8. The number of hydrogen-bond donors (Lipinski definition) is 1. The van der Waals surface area contributed by atoms with Crippen LogP contribution in [0.5, 0.6) is 0 Å². The van der Waals surface area contributed by atoms with Crippen LogP contribution in [0.15, 0.2) is 17.1 Å². The molecule has 0 radical (unpaired) electrons. The molecule has 3 heterocycles. The van der Waals surface area contributed by atoms with Gasteiger partial charge in [-0.3, -0.25) is 9.36 Å². The van der Waals surface area contributed by atoms with Gasteiger partial charge < -0.3 is 24.7 Å². The first-order valence-electron chi connectivity index (χ1n) is 8.56. The van der Waals surface area contributed by atoms with E-state index in [2.05, 4.69) is 4.98 Å². The third kappa shape index (κ3) is 3.29.